The monoisotopic (exact) mass is 303 g/mol. The predicted octanol–water partition coefficient (Wildman–Crippen LogP) is 2.77. The molecule has 0 spiro atoms. The van der Waals surface area contributed by atoms with Gasteiger partial charge in [0.05, 0.1) is 11.2 Å². The Morgan fingerprint density at radius 2 is 2.10 bits per heavy atom. The molecule has 0 aliphatic rings. The number of H-pyrrole nitrogens is 1. The van der Waals surface area contributed by atoms with Crippen molar-refractivity contribution in [2.75, 3.05) is 0 Å². The Morgan fingerprint density at radius 1 is 1.33 bits per heavy atom. The first-order chi connectivity index (χ1) is 10.2. The molecule has 21 heavy (non-hydrogen) atoms. The van der Waals surface area contributed by atoms with Crippen LogP contribution in [0.2, 0.25) is 0 Å². The summed E-state index contributed by atoms with van der Waals surface area (Å²) < 4.78 is 0.394. The van der Waals surface area contributed by atoms with E-state index in [9.17, 15) is 9.59 Å². The van der Waals surface area contributed by atoms with Crippen LogP contribution in [0.15, 0.2) is 34.6 Å². The summed E-state index contributed by atoms with van der Waals surface area (Å²) in [5.74, 6) is -1.63. The molecule has 0 fully saturated rings. The van der Waals surface area contributed by atoms with Crippen LogP contribution in [0.4, 0.5) is 0 Å². The van der Waals surface area contributed by atoms with Gasteiger partial charge < -0.3 is 5.11 Å². The number of nitrogens with one attached hydrogen (secondary N) is 1. The van der Waals surface area contributed by atoms with E-state index in [-0.39, 0.29) is 5.82 Å². The molecule has 0 amide bonds. The van der Waals surface area contributed by atoms with Gasteiger partial charge in [0.2, 0.25) is 5.82 Å². The van der Waals surface area contributed by atoms with Crippen LogP contribution >= 0.6 is 11.3 Å². The van der Waals surface area contributed by atoms with Gasteiger partial charge in [0, 0.05) is 17.1 Å². The number of hydrogen-bond acceptors (Lipinski definition) is 5. The molecule has 2 N–H and O–H groups in total. The molecule has 0 radical (unpaired) electrons. The second kappa shape index (κ2) is 6.27. The fraction of sp³-hybridized carbons (Fsp3) is 0.143. The van der Waals surface area contributed by atoms with Crippen LogP contribution in [-0.2, 0) is 0 Å². The van der Waals surface area contributed by atoms with Crippen molar-refractivity contribution in [3.63, 3.8) is 0 Å². The molecule has 0 saturated heterocycles. The molecule has 3 aromatic rings. The minimum absolute atomic E-state index is 0.366. The highest BCUT2D eigenvalue weighted by molar-refractivity contribution is 7.17. The molecule has 3 heterocycles. The number of pyridine rings is 1. The molecule has 3 rings (SSSR count). The van der Waals surface area contributed by atoms with Crippen molar-refractivity contribution in [1.82, 2.24) is 15.0 Å². The maximum absolute atomic E-state index is 11.8. The first-order valence-electron chi connectivity index (χ1n) is 6.33. The van der Waals surface area contributed by atoms with Crippen LogP contribution in [0.1, 0.15) is 24.5 Å². The SMILES string of the molecule is CC.O=C(O)c1nc2c(-c3ccccn3)csc2c(=O)[nH]1. The number of rotatable bonds is 2. The number of carboxylic acids is 1. The number of carboxylic acid groups (broad SMARTS) is 1. The summed E-state index contributed by atoms with van der Waals surface area (Å²) in [5, 5.41) is 10.7. The number of hydrogen-bond donors (Lipinski definition) is 2. The van der Waals surface area contributed by atoms with E-state index in [1.54, 1.807) is 23.7 Å². The smallest absolute Gasteiger partial charge is 0.372 e. The Morgan fingerprint density at radius 3 is 2.71 bits per heavy atom. The Kier molecular flexibility index (Phi) is 4.44. The molecular weight excluding hydrogens is 290 g/mol. The Balaban J connectivity index is 0.000000774. The third-order valence-corrected chi connectivity index (χ3v) is 3.54. The molecule has 6 nitrogen and oxygen atoms in total. The summed E-state index contributed by atoms with van der Waals surface area (Å²) in [4.78, 5) is 33.1. The van der Waals surface area contributed by atoms with Crippen LogP contribution in [-0.4, -0.2) is 26.0 Å². The van der Waals surface area contributed by atoms with E-state index in [0.29, 0.717) is 21.5 Å². The number of aromatic amines is 1. The number of fused-ring (bicyclic) bond motifs is 1. The van der Waals surface area contributed by atoms with Crippen LogP contribution in [0.5, 0.6) is 0 Å². The summed E-state index contributed by atoms with van der Waals surface area (Å²) in [5.41, 5.74) is 1.23. The average molecular weight is 303 g/mol. The summed E-state index contributed by atoms with van der Waals surface area (Å²) in [6.45, 7) is 4.00. The lowest BCUT2D eigenvalue weighted by Crippen LogP contribution is -2.14. The zero-order valence-electron chi connectivity index (χ0n) is 11.5. The maximum Gasteiger partial charge on any atom is 0.372 e. The zero-order chi connectivity index (χ0) is 15.4. The molecule has 0 aliphatic heterocycles. The van der Waals surface area contributed by atoms with Crippen molar-refractivity contribution in [3.05, 3.63) is 46.0 Å². The van der Waals surface area contributed by atoms with Crippen molar-refractivity contribution in [3.8, 4) is 11.3 Å². The van der Waals surface area contributed by atoms with Gasteiger partial charge in [-0.05, 0) is 12.1 Å². The number of aromatic carboxylic acids is 1. The van der Waals surface area contributed by atoms with Crippen LogP contribution in [0, 0.1) is 0 Å². The molecule has 7 heteroatoms. The second-order valence-electron chi connectivity index (χ2n) is 3.76. The highest BCUT2D eigenvalue weighted by Gasteiger charge is 2.15. The molecule has 108 valence electrons. The lowest BCUT2D eigenvalue weighted by atomic mass is 10.2. The van der Waals surface area contributed by atoms with Crippen molar-refractivity contribution in [2.24, 2.45) is 0 Å². The maximum atomic E-state index is 11.8. The Bertz CT molecular complexity index is 824. The van der Waals surface area contributed by atoms with Crippen molar-refractivity contribution in [1.29, 1.82) is 0 Å². The topological polar surface area (TPSA) is 95.9 Å². The quantitative estimate of drug-likeness (QED) is 0.759. The predicted molar refractivity (Wildman–Crippen MR) is 81.8 cm³/mol. The van der Waals surface area contributed by atoms with Gasteiger partial charge in [-0.3, -0.25) is 14.8 Å². The van der Waals surface area contributed by atoms with Gasteiger partial charge in [-0.25, -0.2) is 9.78 Å². The lowest BCUT2D eigenvalue weighted by Gasteiger charge is -1.98. The van der Waals surface area contributed by atoms with Gasteiger partial charge in [0.1, 0.15) is 4.70 Å². The molecule has 0 atom stereocenters. The van der Waals surface area contributed by atoms with Gasteiger partial charge in [0.15, 0.2) is 0 Å². The molecule has 0 bridgehead atoms. The van der Waals surface area contributed by atoms with Gasteiger partial charge in [-0.15, -0.1) is 11.3 Å². The molecule has 0 aromatic carbocycles. The van der Waals surface area contributed by atoms with Crippen LogP contribution in [0.25, 0.3) is 21.5 Å². The molecule has 0 saturated carbocycles. The largest absolute Gasteiger partial charge is 0.475 e. The Hall–Kier alpha value is -2.54. The van der Waals surface area contributed by atoms with E-state index >= 15 is 0 Å². The highest BCUT2D eigenvalue weighted by atomic mass is 32.1. The minimum Gasteiger partial charge on any atom is -0.475 e. The average Bonchev–Trinajstić information content (AvgIpc) is 2.94. The summed E-state index contributed by atoms with van der Waals surface area (Å²) in [6, 6.07) is 5.38. The molecular formula is C14H13N3O3S. The third kappa shape index (κ3) is 2.82. The number of thiophene rings is 1. The highest BCUT2D eigenvalue weighted by Crippen LogP contribution is 2.29. The first-order valence-corrected chi connectivity index (χ1v) is 7.21. The van der Waals surface area contributed by atoms with E-state index < -0.39 is 11.5 Å². The number of carbonyl (C=O) groups is 1. The van der Waals surface area contributed by atoms with E-state index in [4.69, 9.17) is 5.11 Å². The van der Waals surface area contributed by atoms with Gasteiger partial charge >= 0.3 is 5.97 Å². The van der Waals surface area contributed by atoms with Gasteiger partial charge in [-0.1, -0.05) is 19.9 Å². The standard InChI is InChI=1S/C12H7N3O3S.C2H6/c16-11-9-8(14-10(15-11)12(17)18)6(5-19-9)7-3-1-2-4-13-7;1-2/h1-5H,(H,17,18)(H,14,15,16);1-2H3. The fourth-order valence-corrected chi connectivity index (χ4v) is 2.63. The van der Waals surface area contributed by atoms with E-state index in [1.165, 1.54) is 11.3 Å². The first kappa shape index (κ1) is 14.9. The number of aromatic nitrogens is 3. The van der Waals surface area contributed by atoms with Crippen molar-refractivity contribution < 1.29 is 9.90 Å². The normalized spacial score (nSPS) is 10.0. The summed E-state index contributed by atoms with van der Waals surface area (Å²) in [6.07, 6.45) is 1.63. The van der Waals surface area contributed by atoms with Gasteiger partial charge in [-0.2, -0.15) is 0 Å². The van der Waals surface area contributed by atoms with E-state index in [0.717, 1.165) is 0 Å². The molecule has 0 unspecified atom stereocenters. The third-order valence-electron chi connectivity index (χ3n) is 2.57. The van der Waals surface area contributed by atoms with E-state index in [1.807, 2.05) is 19.9 Å². The van der Waals surface area contributed by atoms with E-state index in [2.05, 4.69) is 15.0 Å². The minimum atomic E-state index is -1.27. The molecule has 0 aliphatic carbocycles. The van der Waals surface area contributed by atoms with Crippen molar-refractivity contribution in [2.45, 2.75) is 13.8 Å². The lowest BCUT2D eigenvalue weighted by molar-refractivity contribution is 0.0683. The molecule has 3 aromatic heterocycles. The number of nitrogens with zero attached hydrogens (tertiary/aromatic N) is 2. The van der Waals surface area contributed by atoms with Crippen LogP contribution in [0.3, 0.4) is 0 Å². The van der Waals surface area contributed by atoms with Gasteiger partial charge in [0.25, 0.3) is 5.56 Å². The fourth-order valence-electron chi connectivity index (χ4n) is 1.73. The zero-order valence-corrected chi connectivity index (χ0v) is 12.3. The Labute approximate surface area is 124 Å². The summed E-state index contributed by atoms with van der Waals surface area (Å²) >= 11 is 1.22. The second-order valence-corrected chi connectivity index (χ2v) is 4.64. The summed E-state index contributed by atoms with van der Waals surface area (Å²) in [7, 11) is 0. The van der Waals surface area contributed by atoms with Crippen LogP contribution < -0.4 is 5.56 Å². The van der Waals surface area contributed by atoms with Crippen molar-refractivity contribution >= 4 is 27.5 Å².